The zero-order valence-electron chi connectivity index (χ0n) is 15.7. The molecule has 148 valence electrons. The minimum atomic E-state index is -4.29. The standard InChI is InChI=1S/C15H30NO8P/c1-6-7-8-15(18)24-14(11-21-13(2)17)12-23-25(19,20)22-10-9-16(3,4)5/h14H,6-12H2,1-5H3/p+1. The number of carbonyl (C=O) groups is 2. The van der Waals surface area contributed by atoms with E-state index in [0.29, 0.717) is 17.4 Å². The Hall–Kier alpha value is -0.990. The summed E-state index contributed by atoms with van der Waals surface area (Å²) in [5, 5.41) is 0. The van der Waals surface area contributed by atoms with Gasteiger partial charge in [-0.1, -0.05) is 13.3 Å². The van der Waals surface area contributed by atoms with E-state index in [1.807, 2.05) is 28.1 Å². The Kier molecular flexibility index (Phi) is 11.1. The highest BCUT2D eigenvalue weighted by atomic mass is 31.2. The van der Waals surface area contributed by atoms with Gasteiger partial charge in [0.1, 0.15) is 19.8 Å². The number of esters is 2. The van der Waals surface area contributed by atoms with E-state index in [1.165, 1.54) is 6.92 Å². The fourth-order valence-corrected chi connectivity index (χ4v) is 2.28. The maximum Gasteiger partial charge on any atom is 0.472 e. The number of quaternary nitrogens is 1. The fraction of sp³-hybridized carbons (Fsp3) is 0.867. The van der Waals surface area contributed by atoms with Crippen LogP contribution >= 0.6 is 7.82 Å². The van der Waals surface area contributed by atoms with E-state index in [9.17, 15) is 19.0 Å². The first-order valence-electron chi connectivity index (χ1n) is 8.20. The number of likely N-dealkylation sites (N-methyl/N-ethyl adjacent to an activating group) is 1. The first kappa shape index (κ1) is 24.0. The number of hydrogen-bond donors (Lipinski definition) is 1. The zero-order chi connectivity index (χ0) is 19.5. The van der Waals surface area contributed by atoms with Crippen molar-refractivity contribution >= 4 is 19.8 Å². The van der Waals surface area contributed by atoms with Crippen LogP contribution in [0.1, 0.15) is 33.1 Å². The summed E-state index contributed by atoms with van der Waals surface area (Å²) in [4.78, 5) is 32.3. The van der Waals surface area contributed by atoms with Gasteiger partial charge in [0, 0.05) is 13.3 Å². The summed E-state index contributed by atoms with van der Waals surface area (Å²) in [5.74, 6) is -1.04. The summed E-state index contributed by atoms with van der Waals surface area (Å²) in [5.41, 5.74) is 0. The maximum atomic E-state index is 11.9. The molecule has 0 aliphatic rings. The number of phosphoric ester groups is 1. The molecule has 10 heteroatoms. The van der Waals surface area contributed by atoms with Gasteiger partial charge in [0.15, 0.2) is 6.10 Å². The topological polar surface area (TPSA) is 108 Å². The van der Waals surface area contributed by atoms with Crippen LogP contribution in [0.5, 0.6) is 0 Å². The molecule has 0 saturated carbocycles. The molecule has 0 rings (SSSR count). The molecule has 0 bridgehead atoms. The van der Waals surface area contributed by atoms with Crippen LogP contribution in [0.15, 0.2) is 0 Å². The number of phosphoric acid groups is 1. The van der Waals surface area contributed by atoms with E-state index in [4.69, 9.17) is 18.5 Å². The highest BCUT2D eigenvalue weighted by Crippen LogP contribution is 2.43. The number of carbonyl (C=O) groups excluding carboxylic acids is 2. The summed E-state index contributed by atoms with van der Waals surface area (Å²) in [6.07, 6.45) is 0.721. The normalized spacial score (nSPS) is 15.3. The minimum absolute atomic E-state index is 0.0299. The molecule has 0 aliphatic carbocycles. The summed E-state index contributed by atoms with van der Waals surface area (Å²) in [7, 11) is 1.46. The Balaban J connectivity index is 4.48. The molecule has 0 saturated heterocycles. The van der Waals surface area contributed by atoms with Gasteiger partial charge >= 0.3 is 19.8 Å². The van der Waals surface area contributed by atoms with Crippen molar-refractivity contribution in [2.75, 3.05) is 47.5 Å². The first-order chi connectivity index (χ1) is 11.4. The smallest absolute Gasteiger partial charge is 0.462 e. The molecular weight excluding hydrogens is 353 g/mol. The highest BCUT2D eigenvalue weighted by molar-refractivity contribution is 7.47. The molecule has 0 aromatic rings. The minimum Gasteiger partial charge on any atom is -0.462 e. The molecule has 1 N–H and O–H groups in total. The van der Waals surface area contributed by atoms with Gasteiger partial charge < -0.3 is 18.9 Å². The van der Waals surface area contributed by atoms with Gasteiger partial charge in [0.25, 0.3) is 0 Å². The lowest BCUT2D eigenvalue weighted by Crippen LogP contribution is -2.37. The lowest BCUT2D eigenvalue weighted by molar-refractivity contribution is -0.870. The molecule has 25 heavy (non-hydrogen) atoms. The third kappa shape index (κ3) is 15.0. The molecule has 0 heterocycles. The predicted octanol–water partition coefficient (Wildman–Crippen LogP) is 1.49. The van der Waals surface area contributed by atoms with Crippen LogP contribution in [-0.4, -0.2) is 74.9 Å². The second kappa shape index (κ2) is 11.6. The molecular formula is C15H31NO8P+. The lowest BCUT2D eigenvalue weighted by atomic mass is 10.2. The van der Waals surface area contributed by atoms with Crippen molar-refractivity contribution in [1.29, 1.82) is 0 Å². The van der Waals surface area contributed by atoms with Crippen molar-refractivity contribution in [2.24, 2.45) is 0 Å². The van der Waals surface area contributed by atoms with Crippen molar-refractivity contribution in [3.05, 3.63) is 0 Å². The summed E-state index contributed by atoms with van der Waals surface area (Å²) in [6.45, 7) is 3.01. The Morgan fingerprint density at radius 1 is 1.16 bits per heavy atom. The summed E-state index contributed by atoms with van der Waals surface area (Å²) >= 11 is 0. The largest absolute Gasteiger partial charge is 0.472 e. The van der Waals surface area contributed by atoms with Crippen molar-refractivity contribution in [1.82, 2.24) is 0 Å². The van der Waals surface area contributed by atoms with Crippen molar-refractivity contribution in [3.63, 3.8) is 0 Å². The van der Waals surface area contributed by atoms with Crippen molar-refractivity contribution in [3.8, 4) is 0 Å². The van der Waals surface area contributed by atoms with E-state index < -0.39 is 32.5 Å². The van der Waals surface area contributed by atoms with Gasteiger partial charge in [0.05, 0.1) is 27.7 Å². The van der Waals surface area contributed by atoms with Crippen LogP contribution < -0.4 is 0 Å². The number of hydrogen-bond acceptors (Lipinski definition) is 7. The van der Waals surface area contributed by atoms with Gasteiger partial charge in [-0.3, -0.25) is 18.6 Å². The average molecular weight is 384 g/mol. The number of rotatable bonds is 13. The van der Waals surface area contributed by atoms with Gasteiger partial charge in [-0.15, -0.1) is 0 Å². The van der Waals surface area contributed by atoms with Gasteiger partial charge in [0.2, 0.25) is 0 Å². The number of unbranched alkanes of at least 4 members (excludes halogenated alkanes) is 1. The van der Waals surface area contributed by atoms with Gasteiger partial charge in [-0.05, 0) is 6.42 Å². The van der Waals surface area contributed by atoms with E-state index in [2.05, 4.69) is 0 Å². The molecule has 2 unspecified atom stereocenters. The van der Waals surface area contributed by atoms with E-state index in [1.54, 1.807) is 0 Å². The first-order valence-corrected chi connectivity index (χ1v) is 9.70. The van der Waals surface area contributed by atoms with Crippen LogP contribution in [0, 0.1) is 0 Å². The molecule has 0 aliphatic heterocycles. The van der Waals surface area contributed by atoms with Gasteiger partial charge in [-0.25, -0.2) is 4.57 Å². The van der Waals surface area contributed by atoms with E-state index in [0.717, 1.165) is 6.42 Å². The molecule has 0 radical (unpaired) electrons. The third-order valence-electron chi connectivity index (χ3n) is 2.95. The number of ether oxygens (including phenoxy) is 2. The van der Waals surface area contributed by atoms with Crippen LogP contribution in [0.2, 0.25) is 0 Å². The van der Waals surface area contributed by atoms with Crippen molar-refractivity contribution in [2.45, 2.75) is 39.2 Å². The lowest BCUT2D eigenvalue weighted by Gasteiger charge is -2.24. The van der Waals surface area contributed by atoms with Crippen LogP contribution in [0.4, 0.5) is 0 Å². The van der Waals surface area contributed by atoms with Crippen molar-refractivity contribution < 1.29 is 42.1 Å². The molecule has 0 spiro atoms. The van der Waals surface area contributed by atoms with Crippen LogP contribution in [-0.2, 0) is 32.7 Å². The van der Waals surface area contributed by atoms with Crippen LogP contribution in [0.3, 0.4) is 0 Å². The Morgan fingerprint density at radius 2 is 1.80 bits per heavy atom. The molecule has 0 fully saturated rings. The highest BCUT2D eigenvalue weighted by Gasteiger charge is 2.26. The van der Waals surface area contributed by atoms with Gasteiger partial charge in [-0.2, -0.15) is 0 Å². The number of nitrogens with zero attached hydrogens (tertiary/aromatic N) is 1. The molecule has 0 aromatic carbocycles. The summed E-state index contributed by atoms with van der Waals surface area (Å²) < 4.78 is 32.1. The molecule has 2 atom stereocenters. The Labute approximate surface area is 149 Å². The van der Waals surface area contributed by atoms with Crippen LogP contribution in [0.25, 0.3) is 0 Å². The zero-order valence-corrected chi connectivity index (χ0v) is 16.6. The SMILES string of the molecule is CCCCC(=O)OC(COC(C)=O)COP(=O)(O)OCC[N+](C)(C)C. The average Bonchev–Trinajstić information content (AvgIpc) is 2.46. The Morgan fingerprint density at radius 3 is 2.32 bits per heavy atom. The quantitative estimate of drug-likeness (QED) is 0.289. The molecule has 9 nitrogen and oxygen atoms in total. The second-order valence-electron chi connectivity index (χ2n) is 6.63. The maximum absolute atomic E-state index is 11.9. The van der Waals surface area contributed by atoms with E-state index >= 15 is 0 Å². The molecule has 0 amide bonds. The monoisotopic (exact) mass is 384 g/mol. The fourth-order valence-electron chi connectivity index (χ4n) is 1.54. The van der Waals surface area contributed by atoms with E-state index in [-0.39, 0.29) is 19.6 Å². The third-order valence-corrected chi connectivity index (χ3v) is 3.93. The molecule has 0 aromatic heterocycles. The second-order valence-corrected chi connectivity index (χ2v) is 8.08. The summed E-state index contributed by atoms with van der Waals surface area (Å²) in [6, 6.07) is 0. The predicted molar refractivity (Wildman–Crippen MR) is 90.7 cm³/mol. The Bertz CT molecular complexity index is 463.